The van der Waals surface area contributed by atoms with Crippen molar-refractivity contribution in [2.24, 2.45) is 5.92 Å². The predicted molar refractivity (Wildman–Crippen MR) is 65.2 cm³/mol. The van der Waals surface area contributed by atoms with Gasteiger partial charge >= 0.3 is 5.97 Å². The van der Waals surface area contributed by atoms with E-state index in [0.29, 0.717) is 5.69 Å². The van der Waals surface area contributed by atoms with Crippen molar-refractivity contribution in [1.29, 1.82) is 0 Å². The summed E-state index contributed by atoms with van der Waals surface area (Å²) in [6.07, 6.45) is 0.910. The van der Waals surface area contributed by atoms with Crippen LogP contribution in [0.4, 0.5) is 11.4 Å². The summed E-state index contributed by atoms with van der Waals surface area (Å²) >= 11 is 0. The number of nitrogens with two attached hydrogens (primary N) is 1. The molecule has 0 radical (unpaired) electrons. The van der Waals surface area contributed by atoms with Crippen LogP contribution in [0.1, 0.15) is 16.8 Å². The van der Waals surface area contributed by atoms with Gasteiger partial charge in [-0.1, -0.05) is 0 Å². The predicted octanol–water partition coefficient (Wildman–Crippen LogP) is 0.786. The van der Waals surface area contributed by atoms with Gasteiger partial charge in [0.2, 0.25) is 0 Å². The highest BCUT2D eigenvalue weighted by Gasteiger charge is 2.23. The highest BCUT2D eigenvalue weighted by molar-refractivity contribution is 5.90. The van der Waals surface area contributed by atoms with Crippen molar-refractivity contribution in [3.8, 4) is 0 Å². The molecule has 0 saturated carbocycles. The molecule has 0 bridgehead atoms. The van der Waals surface area contributed by atoms with E-state index in [2.05, 4.69) is 0 Å². The number of aliphatic hydroxyl groups excluding tert-OH is 1. The molecule has 1 aliphatic rings. The number of anilines is 2. The molecule has 1 atom stereocenters. The van der Waals surface area contributed by atoms with Gasteiger partial charge in [0.1, 0.15) is 0 Å². The van der Waals surface area contributed by atoms with Crippen molar-refractivity contribution in [2.75, 3.05) is 30.3 Å². The SMILES string of the molecule is Nc1ccc(C(=O)O)cc1N1CCC(CO)C1. The molecule has 0 aromatic heterocycles. The smallest absolute Gasteiger partial charge is 0.335 e. The molecule has 1 heterocycles. The van der Waals surface area contributed by atoms with Gasteiger partial charge in [0, 0.05) is 25.6 Å². The molecule has 0 aliphatic carbocycles. The average Bonchev–Trinajstić information content (AvgIpc) is 2.77. The van der Waals surface area contributed by atoms with Crippen molar-refractivity contribution >= 4 is 17.3 Å². The minimum atomic E-state index is -0.954. The van der Waals surface area contributed by atoms with E-state index in [-0.39, 0.29) is 18.1 Å². The van der Waals surface area contributed by atoms with Gasteiger partial charge in [-0.3, -0.25) is 0 Å². The van der Waals surface area contributed by atoms with Crippen LogP contribution in [0.2, 0.25) is 0 Å². The fourth-order valence-corrected chi connectivity index (χ4v) is 2.15. The number of aliphatic hydroxyl groups is 1. The Hall–Kier alpha value is -1.75. The minimum absolute atomic E-state index is 0.162. The van der Waals surface area contributed by atoms with E-state index in [1.54, 1.807) is 12.1 Å². The number of nitrogen functional groups attached to an aromatic ring is 1. The summed E-state index contributed by atoms with van der Waals surface area (Å²) in [5, 5.41) is 18.0. The molecule has 1 unspecified atom stereocenters. The zero-order valence-electron chi connectivity index (χ0n) is 9.47. The fraction of sp³-hybridized carbons (Fsp3) is 0.417. The number of rotatable bonds is 3. The fourth-order valence-electron chi connectivity index (χ4n) is 2.15. The molecule has 2 rings (SSSR count). The Bertz CT molecular complexity index is 434. The standard InChI is InChI=1S/C12H16N2O3/c13-10-2-1-9(12(16)17)5-11(10)14-4-3-8(6-14)7-15/h1-2,5,8,15H,3-4,6-7,13H2,(H,16,17). The van der Waals surface area contributed by atoms with Gasteiger partial charge in [-0.2, -0.15) is 0 Å². The third-order valence-corrected chi connectivity index (χ3v) is 3.16. The van der Waals surface area contributed by atoms with Crippen LogP contribution in [0.25, 0.3) is 0 Å². The number of carbonyl (C=O) groups is 1. The quantitative estimate of drug-likeness (QED) is 0.675. The van der Waals surface area contributed by atoms with Crippen LogP contribution in [0.15, 0.2) is 18.2 Å². The molecule has 0 spiro atoms. The van der Waals surface area contributed by atoms with E-state index in [0.717, 1.165) is 25.2 Å². The number of hydrogen-bond donors (Lipinski definition) is 3. The first-order chi connectivity index (χ1) is 8.11. The maximum absolute atomic E-state index is 10.9. The Balaban J connectivity index is 2.25. The van der Waals surface area contributed by atoms with Gasteiger partial charge in [0.15, 0.2) is 0 Å². The van der Waals surface area contributed by atoms with E-state index in [1.807, 2.05) is 4.90 Å². The van der Waals surface area contributed by atoms with Crippen LogP contribution < -0.4 is 10.6 Å². The summed E-state index contributed by atoms with van der Waals surface area (Å²) in [5.74, 6) is -0.702. The topological polar surface area (TPSA) is 86.8 Å². The van der Waals surface area contributed by atoms with Crippen LogP contribution in [0.5, 0.6) is 0 Å². The zero-order valence-corrected chi connectivity index (χ0v) is 9.47. The van der Waals surface area contributed by atoms with Crippen LogP contribution >= 0.6 is 0 Å². The lowest BCUT2D eigenvalue weighted by Crippen LogP contribution is -2.22. The lowest BCUT2D eigenvalue weighted by Gasteiger charge is -2.20. The Morgan fingerprint density at radius 1 is 1.53 bits per heavy atom. The zero-order chi connectivity index (χ0) is 12.4. The van der Waals surface area contributed by atoms with Gasteiger partial charge in [0.25, 0.3) is 0 Å². The van der Waals surface area contributed by atoms with Crippen molar-refractivity contribution in [1.82, 2.24) is 0 Å². The molecule has 5 heteroatoms. The summed E-state index contributed by atoms with van der Waals surface area (Å²) in [6, 6.07) is 4.71. The first kappa shape index (κ1) is 11.7. The van der Waals surface area contributed by atoms with Gasteiger partial charge in [0.05, 0.1) is 16.9 Å². The molecule has 1 aromatic carbocycles. The summed E-state index contributed by atoms with van der Waals surface area (Å²) in [5.41, 5.74) is 7.43. The monoisotopic (exact) mass is 236 g/mol. The molecular formula is C12H16N2O3. The molecular weight excluding hydrogens is 220 g/mol. The molecule has 1 fully saturated rings. The average molecular weight is 236 g/mol. The van der Waals surface area contributed by atoms with Crippen molar-refractivity contribution in [3.63, 3.8) is 0 Å². The summed E-state index contributed by atoms with van der Waals surface area (Å²) in [7, 11) is 0. The highest BCUT2D eigenvalue weighted by Crippen LogP contribution is 2.29. The number of aromatic carboxylic acids is 1. The maximum Gasteiger partial charge on any atom is 0.335 e. The molecule has 1 aliphatic heterocycles. The minimum Gasteiger partial charge on any atom is -0.478 e. The van der Waals surface area contributed by atoms with E-state index in [1.165, 1.54) is 6.07 Å². The van der Waals surface area contributed by atoms with E-state index >= 15 is 0 Å². The Morgan fingerprint density at radius 3 is 2.88 bits per heavy atom. The Labute approximate surface area is 99.5 Å². The Kier molecular flexibility index (Phi) is 3.19. The Morgan fingerprint density at radius 2 is 2.29 bits per heavy atom. The van der Waals surface area contributed by atoms with Gasteiger partial charge in [-0.15, -0.1) is 0 Å². The second-order valence-electron chi connectivity index (χ2n) is 4.36. The van der Waals surface area contributed by atoms with Crippen molar-refractivity contribution in [2.45, 2.75) is 6.42 Å². The number of carboxylic acids is 1. The molecule has 92 valence electrons. The molecule has 1 aromatic rings. The van der Waals surface area contributed by atoms with E-state index in [9.17, 15) is 4.79 Å². The van der Waals surface area contributed by atoms with Crippen LogP contribution in [0, 0.1) is 5.92 Å². The molecule has 17 heavy (non-hydrogen) atoms. The number of carboxylic acid groups (broad SMARTS) is 1. The molecule has 5 nitrogen and oxygen atoms in total. The van der Waals surface area contributed by atoms with Crippen molar-refractivity contribution < 1.29 is 15.0 Å². The number of nitrogens with zero attached hydrogens (tertiary/aromatic N) is 1. The number of benzene rings is 1. The van der Waals surface area contributed by atoms with Crippen LogP contribution in [-0.4, -0.2) is 35.9 Å². The first-order valence-electron chi connectivity index (χ1n) is 5.60. The largest absolute Gasteiger partial charge is 0.478 e. The lowest BCUT2D eigenvalue weighted by molar-refractivity contribution is 0.0697. The first-order valence-corrected chi connectivity index (χ1v) is 5.60. The third kappa shape index (κ3) is 2.34. The van der Waals surface area contributed by atoms with Crippen LogP contribution in [0.3, 0.4) is 0 Å². The summed E-state index contributed by atoms with van der Waals surface area (Å²) in [6.45, 7) is 1.69. The second kappa shape index (κ2) is 4.63. The van der Waals surface area contributed by atoms with E-state index < -0.39 is 5.97 Å². The third-order valence-electron chi connectivity index (χ3n) is 3.16. The van der Waals surface area contributed by atoms with Gasteiger partial charge < -0.3 is 20.8 Å². The molecule has 0 amide bonds. The van der Waals surface area contributed by atoms with Crippen LogP contribution in [-0.2, 0) is 0 Å². The molecule has 1 saturated heterocycles. The normalized spacial score (nSPS) is 19.6. The highest BCUT2D eigenvalue weighted by atomic mass is 16.4. The lowest BCUT2D eigenvalue weighted by atomic mass is 10.1. The molecule has 4 N–H and O–H groups in total. The summed E-state index contributed by atoms with van der Waals surface area (Å²) < 4.78 is 0. The second-order valence-corrected chi connectivity index (χ2v) is 4.36. The maximum atomic E-state index is 10.9. The van der Waals surface area contributed by atoms with Crippen molar-refractivity contribution in [3.05, 3.63) is 23.8 Å². The number of hydrogen-bond acceptors (Lipinski definition) is 4. The van der Waals surface area contributed by atoms with Gasteiger partial charge in [-0.25, -0.2) is 4.79 Å². The van der Waals surface area contributed by atoms with Gasteiger partial charge in [-0.05, 0) is 24.6 Å². The van der Waals surface area contributed by atoms with E-state index in [4.69, 9.17) is 15.9 Å². The summed E-state index contributed by atoms with van der Waals surface area (Å²) in [4.78, 5) is 12.9.